The number of rotatable bonds is 6. The molecule has 3 aromatic rings. The van der Waals surface area contributed by atoms with Crippen molar-refractivity contribution in [1.82, 2.24) is 15.2 Å². The van der Waals surface area contributed by atoms with Crippen molar-refractivity contribution in [2.24, 2.45) is 0 Å². The zero-order chi connectivity index (χ0) is 22.5. The van der Waals surface area contributed by atoms with Crippen LogP contribution >= 0.6 is 0 Å². The van der Waals surface area contributed by atoms with Crippen molar-refractivity contribution in [1.29, 1.82) is 5.26 Å². The number of nitrogens with one attached hydrogen (secondary N) is 2. The number of nitrogens with zero attached hydrogens (tertiary/aromatic N) is 2. The van der Waals surface area contributed by atoms with Crippen LogP contribution in [-0.4, -0.2) is 42.3 Å². The Morgan fingerprint density at radius 2 is 2.06 bits per heavy atom. The van der Waals surface area contributed by atoms with Gasteiger partial charge in [0, 0.05) is 26.1 Å². The molecule has 1 fully saturated rings. The fourth-order valence-corrected chi connectivity index (χ4v) is 3.89. The molecule has 1 amide bonds. The monoisotopic (exact) mass is 434 g/mol. The summed E-state index contributed by atoms with van der Waals surface area (Å²) >= 11 is 0. The van der Waals surface area contributed by atoms with Gasteiger partial charge in [0.05, 0.1) is 11.6 Å². The molecule has 2 heterocycles. The summed E-state index contributed by atoms with van der Waals surface area (Å²) in [5.74, 6) is -0.623. The number of nitriles is 1. The lowest BCUT2D eigenvalue weighted by Gasteiger charge is -2.18. The molecular weight excluding hydrogens is 408 g/mol. The van der Waals surface area contributed by atoms with Gasteiger partial charge >= 0.3 is 5.76 Å². The molecule has 8 nitrogen and oxygen atoms in total. The molecule has 2 N–H and O–H groups in total. The van der Waals surface area contributed by atoms with E-state index in [0.717, 1.165) is 35.2 Å². The van der Waals surface area contributed by atoms with Crippen LogP contribution < -0.4 is 16.4 Å². The number of amides is 1. The Morgan fingerprint density at radius 1 is 1.28 bits per heavy atom. The highest BCUT2D eigenvalue weighted by Crippen LogP contribution is 2.25. The van der Waals surface area contributed by atoms with Gasteiger partial charge in [-0.3, -0.25) is 9.36 Å². The minimum Gasteiger partial charge on any atom is -0.408 e. The third kappa shape index (κ3) is 4.74. The molecule has 0 saturated carbocycles. The molecule has 0 spiro atoms. The van der Waals surface area contributed by atoms with Crippen molar-refractivity contribution >= 4 is 17.0 Å². The SMILES string of the molecule is CCn1c(=O)oc2ccc(-c3ccc(C[C@@H](C#N)NC(=O)C4CNCCCO4)cc3)cc21. The van der Waals surface area contributed by atoms with Gasteiger partial charge in [0.15, 0.2) is 5.58 Å². The van der Waals surface area contributed by atoms with E-state index >= 15 is 0 Å². The maximum Gasteiger partial charge on any atom is 0.419 e. The quantitative estimate of drug-likeness (QED) is 0.616. The number of benzene rings is 2. The largest absolute Gasteiger partial charge is 0.419 e. The van der Waals surface area contributed by atoms with E-state index in [1.165, 1.54) is 0 Å². The number of aromatic nitrogens is 1. The van der Waals surface area contributed by atoms with E-state index in [1.54, 1.807) is 10.6 Å². The topological polar surface area (TPSA) is 109 Å². The number of hydrogen-bond donors (Lipinski definition) is 2. The molecule has 0 aliphatic carbocycles. The lowest BCUT2D eigenvalue weighted by Crippen LogP contribution is -2.46. The summed E-state index contributed by atoms with van der Waals surface area (Å²) in [4.78, 5) is 24.4. The number of aryl methyl sites for hydroxylation is 1. The number of carbonyl (C=O) groups excluding carboxylic acids is 1. The number of oxazole rings is 1. The number of ether oxygens (including phenoxy) is 1. The molecule has 4 rings (SSSR count). The molecule has 1 aliphatic rings. The van der Waals surface area contributed by atoms with E-state index < -0.39 is 12.1 Å². The maximum absolute atomic E-state index is 12.5. The molecule has 1 aliphatic heterocycles. The van der Waals surface area contributed by atoms with E-state index in [4.69, 9.17) is 9.15 Å². The van der Waals surface area contributed by atoms with Gasteiger partial charge in [-0.05, 0) is 48.7 Å². The van der Waals surface area contributed by atoms with Gasteiger partial charge in [0.1, 0.15) is 12.1 Å². The number of fused-ring (bicyclic) bond motifs is 1. The Kier molecular flexibility index (Phi) is 6.69. The molecule has 2 atom stereocenters. The normalized spacial score (nSPS) is 17.4. The van der Waals surface area contributed by atoms with E-state index in [9.17, 15) is 14.9 Å². The van der Waals surface area contributed by atoms with Crippen LogP contribution in [0.15, 0.2) is 51.7 Å². The van der Waals surface area contributed by atoms with Crippen LogP contribution in [-0.2, 0) is 22.5 Å². The molecule has 2 aromatic carbocycles. The highest BCUT2D eigenvalue weighted by atomic mass is 16.5. The van der Waals surface area contributed by atoms with Gasteiger partial charge in [0.2, 0.25) is 0 Å². The smallest absolute Gasteiger partial charge is 0.408 e. The van der Waals surface area contributed by atoms with E-state index in [0.29, 0.717) is 31.7 Å². The van der Waals surface area contributed by atoms with Gasteiger partial charge in [-0.15, -0.1) is 0 Å². The van der Waals surface area contributed by atoms with Crippen molar-refractivity contribution in [2.75, 3.05) is 19.7 Å². The van der Waals surface area contributed by atoms with Crippen molar-refractivity contribution < 1.29 is 13.9 Å². The Balaban J connectivity index is 1.45. The second kappa shape index (κ2) is 9.81. The Bertz CT molecular complexity index is 1180. The first-order valence-electron chi connectivity index (χ1n) is 10.8. The van der Waals surface area contributed by atoms with Crippen molar-refractivity contribution in [3.05, 3.63) is 58.6 Å². The lowest BCUT2D eigenvalue weighted by molar-refractivity contribution is -0.132. The standard InChI is InChI=1S/C24H26N4O4/c1-2-28-20-13-18(8-9-21(20)32-24(28)30)17-6-4-16(5-7-17)12-19(14-25)27-23(29)22-15-26-10-3-11-31-22/h4-9,13,19,22,26H,2-3,10-12,15H2,1H3,(H,27,29)/t19-,22?/m0/s1. The summed E-state index contributed by atoms with van der Waals surface area (Å²) in [5, 5.41) is 15.5. The second-order valence-corrected chi connectivity index (χ2v) is 7.80. The summed E-state index contributed by atoms with van der Waals surface area (Å²) in [6.07, 6.45) is 0.690. The van der Waals surface area contributed by atoms with Crippen molar-refractivity contribution in [2.45, 2.75) is 38.5 Å². The fourth-order valence-electron chi connectivity index (χ4n) is 3.89. The van der Waals surface area contributed by atoms with Gasteiger partial charge < -0.3 is 19.8 Å². The number of carbonyl (C=O) groups is 1. The van der Waals surface area contributed by atoms with Gasteiger partial charge in [-0.1, -0.05) is 30.3 Å². The molecule has 1 saturated heterocycles. The predicted molar refractivity (Wildman–Crippen MR) is 120 cm³/mol. The van der Waals surface area contributed by atoms with E-state index in [-0.39, 0.29) is 11.7 Å². The third-order valence-corrected chi connectivity index (χ3v) is 5.62. The first-order chi connectivity index (χ1) is 15.6. The summed E-state index contributed by atoms with van der Waals surface area (Å²) in [7, 11) is 0. The summed E-state index contributed by atoms with van der Waals surface area (Å²) in [5.41, 5.74) is 4.23. The molecule has 32 heavy (non-hydrogen) atoms. The molecule has 8 heteroatoms. The Morgan fingerprint density at radius 3 is 2.81 bits per heavy atom. The highest BCUT2D eigenvalue weighted by Gasteiger charge is 2.23. The Labute approximate surface area is 185 Å². The highest BCUT2D eigenvalue weighted by molar-refractivity contribution is 5.82. The van der Waals surface area contributed by atoms with Gasteiger partial charge in [0.25, 0.3) is 5.91 Å². The number of hydrogen-bond acceptors (Lipinski definition) is 6. The molecule has 0 bridgehead atoms. The summed E-state index contributed by atoms with van der Waals surface area (Å²) in [6.45, 7) is 4.24. The van der Waals surface area contributed by atoms with Crippen LogP contribution in [0, 0.1) is 11.3 Å². The minimum absolute atomic E-state index is 0.266. The molecule has 1 unspecified atom stereocenters. The molecule has 1 aromatic heterocycles. The molecular formula is C24H26N4O4. The first kappa shape index (κ1) is 21.8. The minimum atomic E-state index is -0.638. The predicted octanol–water partition coefficient (Wildman–Crippen LogP) is 2.21. The maximum atomic E-state index is 12.5. The van der Waals surface area contributed by atoms with Gasteiger partial charge in [-0.2, -0.15) is 5.26 Å². The van der Waals surface area contributed by atoms with Crippen LogP contribution in [0.4, 0.5) is 0 Å². The zero-order valence-electron chi connectivity index (χ0n) is 18.0. The lowest BCUT2D eigenvalue weighted by atomic mass is 10.0. The van der Waals surface area contributed by atoms with E-state index in [1.807, 2.05) is 43.3 Å². The van der Waals surface area contributed by atoms with Gasteiger partial charge in [-0.25, -0.2) is 4.79 Å². The van der Waals surface area contributed by atoms with Crippen LogP contribution in [0.1, 0.15) is 18.9 Å². The van der Waals surface area contributed by atoms with E-state index in [2.05, 4.69) is 16.7 Å². The van der Waals surface area contributed by atoms with Crippen LogP contribution in [0.25, 0.3) is 22.2 Å². The van der Waals surface area contributed by atoms with Crippen LogP contribution in [0.3, 0.4) is 0 Å². The third-order valence-electron chi connectivity index (χ3n) is 5.62. The average molecular weight is 434 g/mol. The summed E-state index contributed by atoms with van der Waals surface area (Å²) < 4.78 is 12.4. The zero-order valence-corrected chi connectivity index (χ0v) is 18.0. The van der Waals surface area contributed by atoms with Crippen molar-refractivity contribution in [3.8, 4) is 17.2 Å². The Hall–Kier alpha value is -3.41. The first-order valence-corrected chi connectivity index (χ1v) is 10.8. The second-order valence-electron chi connectivity index (χ2n) is 7.80. The average Bonchev–Trinajstić information content (AvgIpc) is 2.96. The molecule has 0 radical (unpaired) electrons. The van der Waals surface area contributed by atoms with Crippen LogP contribution in [0.5, 0.6) is 0 Å². The van der Waals surface area contributed by atoms with Crippen LogP contribution in [0.2, 0.25) is 0 Å². The molecule has 166 valence electrons. The summed E-state index contributed by atoms with van der Waals surface area (Å²) in [6, 6.07) is 15.0. The fraction of sp³-hybridized carbons (Fsp3) is 0.375. The van der Waals surface area contributed by atoms with Crippen molar-refractivity contribution in [3.63, 3.8) is 0 Å².